The molecule has 0 bridgehead atoms. The van der Waals surface area contributed by atoms with E-state index in [0.717, 1.165) is 16.9 Å². The number of hydrogen-bond acceptors (Lipinski definition) is 2. The summed E-state index contributed by atoms with van der Waals surface area (Å²) in [5.74, 6) is 0.248. The van der Waals surface area contributed by atoms with Crippen LogP contribution in [0.1, 0.15) is 42.9 Å². The summed E-state index contributed by atoms with van der Waals surface area (Å²) in [4.78, 5) is 14.2. The fourth-order valence-corrected chi connectivity index (χ4v) is 3.92. The topological polar surface area (TPSA) is 29.5 Å². The maximum Gasteiger partial charge on any atom is 0.237 e. The number of benzene rings is 3. The number of ether oxygens (including phenoxy) is 1. The molecule has 0 saturated carbocycles. The Morgan fingerprint density at radius 2 is 1.56 bits per heavy atom. The van der Waals surface area contributed by atoms with Gasteiger partial charge in [0.05, 0.1) is 6.10 Å². The second kappa shape index (κ2) is 11.7. The Kier molecular flexibility index (Phi) is 8.69. The third-order valence-corrected chi connectivity index (χ3v) is 5.56. The first-order valence-electron chi connectivity index (χ1n) is 10.9. The SMILES string of the molecule is CC(C)Oc1ccc([C@@H](CCN(Cc2ccccc2F)C(=O)CCl)c2ccccc2)cc1. The lowest BCUT2D eigenvalue weighted by molar-refractivity contribution is -0.129. The molecule has 3 aromatic rings. The first kappa shape index (κ1) is 23.8. The van der Waals surface area contributed by atoms with Gasteiger partial charge in [-0.3, -0.25) is 4.79 Å². The molecular formula is C27H29ClFNO2. The van der Waals surface area contributed by atoms with Crippen LogP contribution in [0.3, 0.4) is 0 Å². The van der Waals surface area contributed by atoms with E-state index in [9.17, 15) is 9.18 Å². The smallest absolute Gasteiger partial charge is 0.237 e. The van der Waals surface area contributed by atoms with Crippen molar-refractivity contribution >= 4 is 17.5 Å². The fraction of sp³-hybridized carbons (Fsp3) is 0.296. The van der Waals surface area contributed by atoms with Crippen LogP contribution in [0, 0.1) is 5.82 Å². The first-order chi connectivity index (χ1) is 15.5. The lowest BCUT2D eigenvalue weighted by Gasteiger charge is -2.26. The molecule has 5 heteroatoms. The van der Waals surface area contributed by atoms with Gasteiger partial charge in [0.15, 0.2) is 0 Å². The number of carbonyl (C=O) groups excluding carboxylic acids is 1. The van der Waals surface area contributed by atoms with Gasteiger partial charge in [-0.25, -0.2) is 4.39 Å². The number of nitrogens with zero attached hydrogens (tertiary/aromatic N) is 1. The van der Waals surface area contributed by atoms with E-state index in [-0.39, 0.29) is 36.2 Å². The molecule has 0 aliphatic rings. The van der Waals surface area contributed by atoms with E-state index in [4.69, 9.17) is 16.3 Å². The van der Waals surface area contributed by atoms with Crippen molar-refractivity contribution < 1.29 is 13.9 Å². The van der Waals surface area contributed by atoms with Gasteiger partial charge in [0, 0.05) is 24.6 Å². The molecule has 0 fully saturated rings. The Labute approximate surface area is 194 Å². The summed E-state index contributed by atoms with van der Waals surface area (Å²) < 4.78 is 20.0. The van der Waals surface area contributed by atoms with Crippen LogP contribution in [-0.4, -0.2) is 29.3 Å². The molecule has 1 amide bonds. The quantitative estimate of drug-likeness (QED) is 0.332. The summed E-state index contributed by atoms with van der Waals surface area (Å²) in [7, 11) is 0. The van der Waals surface area contributed by atoms with Crippen molar-refractivity contribution in [3.05, 3.63) is 101 Å². The number of amides is 1. The van der Waals surface area contributed by atoms with Gasteiger partial charge in [-0.1, -0.05) is 60.7 Å². The molecule has 3 aromatic carbocycles. The van der Waals surface area contributed by atoms with Crippen molar-refractivity contribution in [3.63, 3.8) is 0 Å². The van der Waals surface area contributed by atoms with E-state index in [2.05, 4.69) is 24.3 Å². The molecular weight excluding hydrogens is 425 g/mol. The minimum absolute atomic E-state index is 0.0792. The zero-order chi connectivity index (χ0) is 22.9. The largest absolute Gasteiger partial charge is 0.491 e. The van der Waals surface area contributed by atoms with Crippen LogP contribution in [0.15, 0.2) is 78.9 Å². The van der Waals surface area contributed by atoms with Crippen molar-refractivity contribution in [2.75, 3.05) is 12.4 Å². The van der Waals surface area contributed by atoms with Crippen molar-refractivity contribution in [1.29, 1.82) is 0 Å². The number of halogens is 2. The third kappa shape index (κ3) is 6.57. The van der Waals surface area contributed by atoms with Gasteiger partial charge in [-0.2, -0.15) is 0 Å². The summed E-state index contributed by atoms with van der Waals surface area (Å²) in [6.45, 7) is 4.65. The number of rotatable bonds is 10. The van der Waals surface area contributed by atoms with Crippen LogP contribution in [0.4, 0.5) is 4.39 Å². The molecule has 0 unspecified atom stereocenters. The molecule has 0 saturated heterocycles. The van der Waals surface area contributed by atoms with E-state index in [1.807, 2.05) is 44.2 Å². The number of alkyl halides is 1. The van der Waals surface area contributed by atoms with Crippen molar-refractivity contribution in [2.24, 2.45) is 0 Å². The minimum Gasteiger partial charge on any atom is -0.491 e. The Morgan fingerprint density at radius 3 is 2.19 bits per heavy atom. The highest BCUT2D eigenvalue weighted by Gasteiger charge is 2.20. The summed E-state index contributed by atoms with van der Waals surface area (Å²) in [5.41, 5.74) is 2.78. The van der Waals surface area contributed by atoms with Crippen molar-refractivity contribution in [1.82, 2.24) is 4.90 Å². The normalized spacial score (nSPS) is 11.9. The molecule has 0 radical (unpaired) electrons. The monoisotopic (exact) mass is 453 g/mol. The zero-order valence-electron chi connectivity index (χ0n) is 18.5. The highest BCUT2D eigenvalue weighted by Crippen LogP contribution is 2.30. The Hall–Kier alpha value is -2.85. The molecule has 0 aliphatic heterocycles. The predicted molar refractivity (Wildman–Crippen MR) is 128 cm³/mol. The van der Waals surface area contributed by atoms with E-state index in [1.165, 1.54) is 6.07 Å². The van der Waals surface area contributed by atoms with Crippen LogP contribution >= 0.6 is 11.6 Å². The maximum atomic E-state index is 14.2. The zero-order valence-corrected chi connectivity index (χ0v) is 19.3. The van der Waals surface area contributed by atoms with E-state index in [1.54, 1.807) is 23.1 Å². The standard InChI is InChI=1S/C27H29ClFNO2/c1-20(2)32-24-14-12-22(13-15-24)25(21-8-4-3-5-9-21)16-17-30(27(31)18-28)19-23-10-6-7-11-26(23)29/h3-15,20,25H,16-19H2,1-2H3/t25-/m0/s1. The molecule has 0 aromatic heterocycles. The molecule has 1 atom stereocenters. The minimum atomic E-state index is -0.319. The fourth-order valence-electron chi connectivity index (χ4n) is 3.76. The average molecular weight is 454 g/mol. The molecule has 3 nitrogen and oxygen atoms in total. The van der Waals surface area contributed by atoms with E-state index < -0.39 is 0 Å². The first-order valence-corrected chi connectivity index (χ1v) is 11.4. The summed E-state index contributed by atoms with van der Waals surface area (Å²) in [6, 6.07) is 24.8. The predicted octanol–water partition coefficient (Wildman–Crippen LogP) is 6.40. The van der Waals surface area contributed by atoms with Gasteiger partial charge in [-0.15, -0.1) is 11.6 Å². The van der Waals surface area contributed by atoms with Crippen LogP contribution in [0.25, 0.3) is 0 Å². The second-order valence-electron chi connectivity index (χ2n) is 8.03. The summed E-state index contributed by atoms with van der Waals surface area (Å²) in [5, 5.41) is 0. The van der Waals surface area contributed by atoms with Crippen molar-refractivity contribution in [2.45, 2.75) is 38.8 Å². The lowest BCUT2D eigenvalue weighted by Crippen LogP contribution is -2.33. The van der Waals surface area contributed by atoms with E-state index in [0.29, 0.717) is 18.5 Å². The number of hydrogen-bond donors (Lipinski definition) is 0. The Morgan fingerprint density at radius 1 is 0.938 bits per heavy atom. The van der Waals surface area contributed by atoms with Gasteiger partial charge in [0.2, 0.25) is 5.91 Å². The molecule has 32 heavy (non-hydrogen) atoms. The van der Waals surface area contributed by atoms with Crippen LogP contribution in [-0.2, 0) is 11.3 Å². The highest BCUT2D eigenvalue weighted by atomic mass is 35.5. The van der Waals surface area contributed by atoms with Gasteiger partial charge >= 0.3 is 0 Å². The summed E-state index contributed by atoms with van der Waals surface area (Å²) in [6.07, 6.45) is 0.796. The Balaban J connectivity index is 1.82. The Bertz CT molecular complexity index is 992. The van der Waals surface area contributed by atoms with Crippen LogP contribution in [0.2, 0.25) is 0 Å². The molecule has 0 aliphatic carbocycles. The van der Waals surface area contributed by atoms with E-state index >= 15 is 0 Å². The molecule has 168 valence electrons. The average Bonchev–Trinajstić information content (AvgIpc) is 2.80. The third-order valence-electron chi connectivity index (χ3n) is 5.33. The molecule has 0 spiro atoms. The molecule has 3 rings (SSSR count). The number of carbonyl (C=O) groups is 1. The van der Waals surface area contributed by atoms with Crippen LogP contribution < -0.4 is 4.74 Å². The molecule has 0 N–H and O–H groups in total. The second-order valence-corrected chi connectivity index (χ2v) is 8.30. The highest BCUT2D eigenvalue weighted by molar-refractivity contribution is 6.27. The van der Waals surface area contributed by atoms with Gasteiger partial charge in [0.25, 0.3) is 0 Å². The van der Waals surface area contributed by atoms with Crippen LogP contribution in [0.5, 0.6) is 5.75 Å². The lowest BCUT2D eigenvalue weighted by atomic mass is 9.88. The van der Waals surface area contributed by atoms with Crippen molar-refractivity contribution in [3.8, 4) is 5.75 Å². The van der Waals surface area contributed by atoms with Gasteiger partial charge < -0.3 is 9.64 Å². The molecule has 0 heterocycles. The maximum absolute atomic E-state index is 14.2. The van der Waals surface area contributed by atoms with Gasteiger partial charge in [-0.05, 0) is 49.6 Å². The summed E-state index contributed by atoms with van der Waals surface area (Å²) >= 11 is 5.86. The van der Waals surface area contributed by atoms with Gasteiger partial charge in [0.1, 0.15) is 17.4 Å².